The number of furan rings is 1. The number of rotatable bonds is 5. The highest BCUT2D eigenvalue weighted by Gasteiger charge is 2.30. The Morgan fingerprint density at radius 1 is 1.06 bits per heavy atom. The summed E-state index contributed by atoms with van der Waals surface area (Å²) < 4.78 is 19.2. The molecule has 36 heavy (non-hydrogen) atoms. The summed E-state index contributed by atoms with van der Waals surface area (Å²) in [5, 5.41) is 2.14. The molecule has 6 rings (SSSR count). The first-order chi connectivity index (χ1) is 17.5. The number of piperidine rings is 2. The molecule has 188 valence electrons. The number of aromatic amines is 1. The summed E-state index contributed by atoms with van der Waals surface area (Å²) in [7, 11) is 0. The van der Waals surface area contributed by atoms with Crippen molar-refractivity contribution in [2.75, 3.05) is 26.2 Å². The number of hydrogen-bond donors (Lipinski definition) is 1. The Labute approximate surface area is 211 Å². The number of likely N-dealkylation sites (tertiary alicyclic amines) is 2. The van der Waals surface area contributed by atoms with Gasteiger partial charge >= 0.3 is 0 Å². The number of halogens is 1. The van der Waals surface area contributed by atoms with Crippen LogP contribution >= 0.6 is 0 Å². The summed E-state index contributed by atoms with van der Waals surface area (Å²) in [5.74, 6) is 0.329. The molecule has 4 aromatic rings. The maximum absolute atomic E-state index is 13.5. The van der Waals surface area contributed by atoms with E-state index in [4.69, 9.17) is 4.42 Å². The zero-order valence-corrected chi connectivity index (χ0v) is 20.9. The van der Waals surface area contributed by atoms with E-state index in [0.717, 1.165) is 74.6 Å². The molecule has 2 fully saturated rings. The summed E-state index contributed by atoms with van der Waals surface area (Å²) >= 11 is 0. The number of carbonyl (C=O) groups excluding carboxylic acids is 1. The number of amides is 1. The standard InChI is InChI=1S/C30H34FN3O2/c1-20-5-8-27-22(16-20)17-28(32-27)30(35)34-12-3-2-4-24(34)11-15-33-13-9-21(10-14-33)26-19-36-29-18-23(31)6-7-25(26)29/h5-8,16-19,21,24,32H,2-4,9-15H2,1H3. The molecule has 1 N–H and O–H groups in total. The van der Waals surface area contributed by atoms with Crippen LogP contribution in [0.15, 0.2) is 53.1 Å². The maximum Gasteiger partial charge on any atom is 0.270 e. The maximum atomic E-state index is 13.5. The Morgan fingerprint density at radius 2 is 1.92 bits per heavy atom. The summed E-state index contributed by atoms with van der Waals surface area (Å²) in [6.45, 7) is 6.02. The number of nitrogens with one attached hydrogen (secondary N) is 1. The van der Waals surface area contributed by atoms with Crippen LogP contribution in [0.4, 0.5) is 4.39 Å². The van der Waals surface area contributed by atoms with E-state index < -0.39 is 0 Å². The number of carbonyl (C=O) groups is 1. The van der Waals surface area contributed by atoms with Gasteiger partial charge in [0.1, 0.15) is 17.1 Å². The highest BCUT2D eigenvalue weighted by atomic mass is 19.1. The van der Waals surface area contributed by atoms with Gasteiger partial charge in [-0.1, -0.05) is 11.6 Å². The summed E-state index contributed by atoms with van der Waals surface area (Å²) in [5.41, 5.74) is 4.78. The molecule has 2 aliphatic rings. The third-order valence-electron chi connectivity index (χ3n) is 8.27. The van der Waals surface area contributed by atoms with Crippen molar-refractivity contribution >= 4 is 27.8 Å². The number of benzene rings is 2. The van der Waals surface area contributed by atoms with Crippen LogP contribution in [0.2, 0.25) is 0 Å². The monoisotopic (exact) mass is 487 g/mol. The Hall–Kier alpha value is -3.12. The summed E-state index contributed by atoms with van der Waals surface area (Å²) in [6, 6.07) is 13.4. The van der Waals surface area contributed by atoms with Gasteiger partial charge < -0.3 is 19.2 Å². The molecule has 0 spiro atoms. The predicted octanol–water partition coefficient (Wildman–Crippen LogP) is 6.63. The van der Waals surface area contributed by atoms with Crippen LogP contribution in [0.5, 0.6) is 0 Å². The second kappa shape index (κ2) is 9.74. The largest absolute Gasteiger partial charge is 0.464 e. The van der Waals surface area contributed by atoms with Crippen LogP contribution in [0.25, 0.3) is 21.9 Å². The molecule has 1 atom stereocenters. The SMILES string of the molecule is Cc1ccc2[nH]c(C(=O)N3CCCCC3CCN3CCC(c4coc5cc(F)ccc45)CC3)cc2c1. The molecule has 2 aromatic heterocycles. The van der Waals surface area contributed by atoms with Crippen LogP contribution in [-0.2, 0) is 0 Å². The lowest BCUT2D eigenvalue weighted by molar-refractivity contribution is 0.0573. The van der Waals surface area contributed by atoms with E-state index >= 15 is 0 Å². The number of H-pyrrole nitrogens is 1. The average Bonchev–Trinajstić information content (AvgIpc) is 3.51. The van der Waals surface area contributed by atoms with Gasteiger partial charge in [-0.05, 0) is 94.8 Å². The normalized spacial score (nSPS) is 19.9. The molecule has 1 amide bonds. The van der Waals surface area contributed by atoms with E-state index in [9.17, 15) is 9.18 Å². The highest BCUT2D eigenvalue weighted by molar-refractivity contribution is 5.98. The fourth-order valence-electron chi connectivity index (χ4n) is 6.23. The van der Waals surface area contributed by atoms with Gasteiger partial charge in [0.05, 0.1) is 6.26 Å². The third kappa shape index (κ3) is 4.55. The third-order valence-corrected chi connectivity index (χ3v) is 8.27. The van der Waals surface area contributed by atoms with E-state index in [1.54, 1.807) is 0 Å². The molecule has 5 nitrogen and oxygen atoms in total. The molecule has 0 aliphatic carbocycles. The molecule has 2 aliphatic heterocycles. The second-order valence-electron chi connectivity index (χ2n) is 10.7. The van der Waals surface area contributed by atoms with E-state index in [1.165, 1.54) is 29.7 Å². The molecular formula is C30H34FN3O2. The highest BCUT2D eigenvalue weighted by Crippen LogP contribution is 2.35. The number of aryl methyl sites for hydroxylation is 1. The van der Waals surface area contributed by atoms with E-state index in [1.807, 2.05) is 18.4 Å². The molecule has 4 heterocycles. The van der Waals surface area contributed by atoms with Gasteiger partial charge in [-0.2, -0.15) is 0 Å². The Balaban J connectivity index is 1.07. The van der Waals surface area contributed by atoms with Crippen LogP contribution in [0, 0.1) is 12.7 Å². The summed E-state index contributed by atoms with van der Waals surface area (Å²) in [6.07, 6.45) is 8.35. The molecule has 0 bridgehead atoms. The number of nitrogens with zero attached hydrogens (tertiary/aromatic N) is 2. The van der Waals surface area contributed by atoms with Gasteiger partial charge in [0, 0.05) is 47.1 Å². The Kier molecular flexibility index (Phi) is 6.30. The van der Waals surface area contributed by atoms with Gasteiger partial charge in [0.25, 0.3) is 5.91 Å². The molecule has 6 heteroatoms. The smallest absolute Gasteiger partial charge is 0.270 e. The molecule has 2 saturated heterocycles. The van der Waals surface area contributed by atoms with Gasteiger partial charge in [-0.25, -0.2) is 4.39 Å². The molecule has 0 saturated carbocycles. The first-order valence-corrected chi connectivity index (χ1v) is 13.3. The molecule has 0 radical (unpaired) electrons. The predicted molar refractivity (Wildman–Crippen MR) is 141 cm³/mol. The zero-order valence-electron chi connectivity index (χ0n) is 20.9. The fraction of sp³-hybridized carbons (Fsp3) is 0.433. The lowest BCUT2D eigenvalue weighted by Gasteiger charge is -2.38. The van der Waals surface area contributed by atoms with Crippen molar-refractivity contribution in [1.82, 2.24) is 14.8 Å². The van der Waals surface area contributed by atoms with Crippen LogP contribution in [0.3, 0.4) is 0 Å². The van der Waals surface area contributed by atoms with Crippen LogP contribution in [-0.4, -0.2) is 52.9 Å². The number of fused-ring (bicyclic) bond motifs is 2. The number of hydrogen-bond acceptors (Lipinski definition) is 3. The van der Waals surface area contributed by atoms with Gasteiger partial charge in [0.2, 0.25) is 0 Å². The second-order valence-corrected chi connectivity index (χ2v) is 10.7. The van der Waals surface area contributed by atoms with Crippen molar-refractivity contribution in [3.05, 3.63) is 71.4 Å². The summed E-state index contributed by atoms with van der Waals surface area (Å²) in [4.78, 5) is 21.5. The van der Waals surface area contributed by atoms with Crippen molar-refractivity contribution in [2.45, 2.75) is 57.4 Å². The number of aromatic nitrogens is 1. The van der Waals surface area contributed by atoms with Gasteiger partial charge in [-0.3, -0.25) is 4.79 Å². The van der Waals surface area contributed by atoms with E-state index in [0.29, 0.717) is 23.2 Å². The van der Waals surface area contributed by atoms with Crippen molar-refractivity contribution in [2.24, 2.45) is 0 Å². The van der Waals surface area contributed by atoms with Crippen LogP contribution in [0.1, 0.15) is 66.1 Å². The molecular weight excluding hydrogens is 453 g/mol. The van der Waals surface area contributed by atoms with Gasteiger partial charge in [0.15, 0.2) is 0 Å². The average molecular weight is 488 g/mol. The topological polar surface area (TPSA) is 52.5 Å². The van der Waals surface area contributed by atoms with Crippen molar-refractivity contribution in [3.63, 3.8) is 0 Å². The van der Waals surface area contributed by atoms with E-state index in [2.05, 4.69) is 39.9 Å². The first kappa shape index (κ1) is 23.3. The molecule has 2 aromatic carbocycles. The van der Waals surface area contributed by atoms with Crippen molar-refractivity contribution in [1.29, 1.82) is 0 Å². The minimum Gasteiger partial charge on any atom is -0.464 e. The van der Waals surface area contributed by atoms with Crippen molar-refractivity contribution < 1.29 is 13.6 Å². The fourth-order valence-corrected chi connectivity index (χ4v) is 6.23. The van der Waals surface area contributed by atoms with E-state index in [-0.39, 0.29) is 11.7 Å². The Morgan fingerprint density at radius 3 is 2.78 bits per heavy atom. The lowest BCUT2D eigenvalue weighted by Crippen LogP contribution is -2.46. The quantitative estimate of drug-likeness (QED) is 0.344. The minimum absolute atomic E-state index is 0.135. The minimum atomic E-state index is -0.256. The van der Waals surface area contributed by atoms with Crippen molar-refractivity contribution in [3.8, 4) is 0 Å². The zero-order chi connectivity index (χ0) is 24.6. The Bertz CT molecular complexity index is 1380. The molecule has 1 unspecified atom stereocenters. The lowest BCUT2D eigenvalue weighted by atomic mass is 9.89. The van der Waals surface area contributed by atoms with Gasteiger partial charge in [-0.15, -0.1) is 0 Å². The first-order valence-electron chi connectivity index (χ1n) is 13.3. The van der Waals surface area contributed by atoms with Crippen LogP contribution < -0.4 is 0 Å².